The first kappa shape index (κ1) is 20.9. The average molecular weight is 453 g/mol. The van der Waals surface area contributed by atoms with Gasteiger partial charge >= 0.3 is 0 Å². The number of hydrogen-bond acceptors (Lipinski definition) is 5. The number of aromatic nitrogens is 2. The molecule has 2 heterocycles. The number of benzene rings is 2. The lowest BCUT2D eigenvalue weighted by molar-refractivity contribution is -0.116. The van der Waals surface area contributed by atoms with Crippen molar-refractivity contribution in [1.29, 1.82) is 0 Å². The summed E-state index contributed by atoms with van der Waals surface area (Å²) in [6, 6.07) is 12.3. The number of imidazole rings is 1. The fourth-order valence-corrected chi connectivity index (χ4v) is 4.33. The quantitative estimate of drug-likeness (QED) is 0.559. The second kappa shape index (κ2) is 9.20. The van der Waals surface area contributed by atoms with Crippen molar-refractivity contribution in [2.24, 2.45) is 0 Å². The number of ether oxygens (including phenoxy) is 1. The first-order valence-corrected chi connectivity index (χ1v) is 10.6. The molecule has 1 fully saturated rings. The summed E-state index contributed by atoms with van der Waals surface area (Å²) in [7, 11) is 0. The molecule has 3 aromatic rings. The van der Waals surface area contributed by atoms with Crippen LogP contribution in [0.5, 0.6) is 0 Å². The number of nitrogens with zero attached hydrogens (tertiary/aromatic N) is 3. The summed E-state index contributed by atoms with van der Waals surface area (Å²) >= 11 is 6.74. The number of morpholine rings is 1. The summed E-state index contributed by atoms with van der Waals surface area (Å²) in [5.74, 6) is -2.99. The highest BCUT2D eigenvalue weighted by atomic mass is 35.5. The van der Waals surface area contributed by atoms with Crippen molar-refractivity contribution in [2.45, 2.75) is 17.5 Å². The van der Waals surface area contributed by atoms with Crippen molar-refractivity contribution < 1.29 is 18.3 Å². The van der Waals surface area contributed by atoms with Crippen molar-refractivity contribution in [3.05, 3.63) is 47.5 Å². The lowest BCUT2D eigenvalue weighted by Crippen LogP contribution is -2.37. The molecule has 1 amide bonds. The van der Waals surface area contributed by atoms with Gasteiger partial charge in [0.15, 0.2) is 5.16 Å². The minimum Gasteiger partial charge on any atom is -0.378 e. The van der Waals surface area contributed by atoms with Gasteiger partial charge in [0.2, 0.25) is 5.91 Å². The molecule has 0 radical (unpaired) electrons. The minimum absolute atomic E-state index is 0.0980. The van der Waals surface area contributed by atoms with Gasteiger partial charge in [-0.1, -0.05) is 29.8 Å². The number of halogens is 3. The third-order valence-corrected chi connectivity index (χ3v) is 5.71. The maximum Gasteiger partial charge on any atom is 0.291 e. The monoisotopic (exact) mass is 452 g/mol. The number of anilines is 2. The number of carbonyl (C=O) groups excluding carboxylic acids is 1. The van der Waals surface area contributed by atoms with Gasteiger partial charge in [-0.15, -0.1) is 0 Å². The fourth-order valence-electron chi connectivity index (χ4n) is 3.43. The Hall–Kier alpha value is -2.36. The molecule has 6 nitrogen and oxygen atoms in total. The molecule has 1 N–H and O–H groups in total. The molecule has 158 valence electrons. The molecular formula is C20H19ClF2N4O2S. The maximum absolute atomic E-state index is 13.0. The first-order valence-electron chi connectivity index (χ1n) is 9.34. The molecule has 1 aliphatic heterocycles. The molecule has 1 aromatic heterocycles. The topological polar surface area (TPSA) is 59.4 Å². The Labute approximate surface area is 181 Å². The Morgan fingerprint density at radius 3 is 2.73 bits per heavy atom. The van der Waals surface area contributed by atoms with Crippen LogP contribution in [0.4, 0.5) is 20.2 Å². The second-order valence-electron chi connectivity index (χ2n) is 6.63. The highest BCUT2D eigenvalue weighted by molar-refractivity contribution is 7.99. The molecule has 1 aliphatic rings. The van der Waals surface area contributed by atoms with Crippen molar-refractivity contribution >= 4 is 51.7 Å². The van der Waals surface area contributed by atoms with Crippen LogP contribution in [0.25, 0.3) is 11.0 Å². The number of nitrogens with one attached hydrogen (secondary N) is 1. The lowest BCUT2D eigenvalue weighted by atomic mass is 10.2. The van der Waals surface area contributed by atoms with Gasteiger partial charge in [0, 0.05) is 13.1 Å². The molecule has 0 aliphatic carbocycles. The smallest absolute Gasteiger partial charge is 0.291 e. The molecule has 30 heavy (non-hydrogen) atoms. The maximum atomic E-state index is 13.0. The van der Waals surface area contributed by atoms with Crippen LogP contribution in [-0.2, 0) is 16.1 Å². The molecule has 1 saturated heterocycles. The van der Waals surface area contributed by atoms with Gasteiger partial charge in [-0.2, -0.15) is 8.78 Å². The van der Waals surface area contributed by atoms with E-state index >= 15 is 0 Å². The summed E-state index contributed by atoms with van der Waals surface area (Å²) in [6.45, 7) is 2.33. The van der Waals surface area contributed by atoms with E-state index in [0.717, 1.165) is 5.69 Å². The molecule has 0 atom stereocenters. The predicted octanol–water partition coefficient (Wildman–Crippen LogP) is 4.48. The zero-order chi connectivity index (χ0) is 21.1. The third-order valence-electron chi connectivity index (χ3n) is 4.70. The molecule has 0 bridgehead atoms. The van der Waals surface area contributed by atoms with E-state index in [9.17, 15) is 13.6 Å². The normalized spacial score (nSPS) is 14.5. The van der Waals surface area contributed by atoms with Crippen molar-refractivity contribution in [2.75, 3.05) is 36.5 Å². The van der Waals surface area contributed by atoms with Crippen LogP contribution < -0.4 is 10.2 Å². The van der Waals surface area contributed by atoms with E-state index < -0.39 is 5.76 Å². The van der Waals surface area contributed by atoms with Crippen LogP contribution in [0.2, 0.25) is 5.02 Å². The van der Waals surface area contributed by atoms with Crippen molar-refractivity contribution in [1.82, 2.24) is 9.55 Å². The summed E-state index contributed by atoms with van der Waals surface area (Å²) in [5.41, 5.74) is 2.48. The Morgan fingerprint density at radius 1 is 1.20 bits per heavy atom. The average Bonchev–Trinajstić information content (AvgIpc) is 3.05. The zero-order valence-electron chi connectivity index (χ0n) is 15.9. The molecule has 2 aromatic carbocycles. The van der Waals surface area contributed by atoms with Gasteiger partial charge in [0.1, 0.15) is 6.54 Å². The van der Waals surface area contributed by atoms with E-state index in [0.29, 0.717) is 59.8 Å². The molecule has 0 unspecified atom stereocenters. The summed E-state index contributed by atoms with van der Waals surface area (Å²) < 4.78 is 32.9. The largest absolute Gasteiger partial charge is 0.378 e. The predicted molar refractivity (Wildman–Crippen MR) is 115 cm³/mol. The van der Waals surface area contributed by atoms with Gasteiger partial charge in [0.05, 0.1) is 40.6 Å². The molecular weight excluding hydrogens is 434 g/mol. The second-order valence-corrected chi connectivity index (χ2v) is 8.00. The first-order chi connectivity index (χ1) is 14.5. The van der Waals surface area contributed by atoms with E-state index in [1.807, 2.05) is 0 Å². The van der Waals surface area contributed by atoms with Gasteiger partial charge in [-0.25, -0.2) is 4.98 Å². The van der Waals surface area contributed by atoms with E-state index in [2.05, 4.69) is 15.2 Å². The summed E-state index contributed by atoms with van der Waals surface area (Å²) in [5, 5.41) is 3.50. The fraction of sp³-hybridized carbons (Fsp3) is 0.300. The van der Waals surface area contributed by atoms with E-state index in [1.54, 1.807) is 42.5 Å². The number of carbonyl (C=O) groups is 1. The number of amides is 1. The summed E-state index contributed by atoms with van der Waals surface area (Å²) in [6.07, 6.45) is 0. The zero-order valence-corrected chi connectivity index (χ0v) is 17.4. The Bertz CT molecular complexity index is 1060. The summed E-state index contributed by atoms with van der Waals surface area (Å²) in [4.78, 5) is 19.2. The Morgan fingerprint density at radius 2 is 1.97 bits per heavy atom. The van der Waals surface area contributed by atoms with Crippen LogP contribution in [0.15, 0.2) is 47.6 Å². The highest BCUT2D eigenvalue weighted by Gasteiger charge is 2.21. The molecule has 0 saturated carbocycles. The van der Waals surface area contributed by atoms with Gasteiger partial charge in [-0.3, -0.25) is 4.79 Å². The number of alkyl halides is 2. The van der Waals surface area contributed by atoms with Crippen LogP contribution in [0.3, 0.4) is 0 Å². The number of thioether (sulfide) groups is 1. The van der Waals surface area contributed by atoms with Gasteiger partial charge in [0.25, 0.3) is 5.76 Å². The van der Waals surface area contributed by atoms with E-state index in [4.69, 9.17) is 16.3 Å². The molecule has 10 heteroatoms. The van der Waals surface area contributed by atoms with Crippen molar-refractivity contribution in [3.63, 3.8) is 0 Å². The van der Waals surface area contributed by atoms with Crippen LogP contribution in [0.1, 0.15) is 0 Å². The number of hydrogen-bond donors (Lipinski definition) is 1. The molecule has 0 spiro atoms. The lowest BCUT2D eigenvalue weighted by Gasteiger charge is -2.31. The highest BCUT2D eigenvalue weighted by Crippen LogP contribution is 2.35. The minimum atomic E-state index is -2.63. The standard InChI is InChI=1S/C20H19ClF2N4O2S/c21-13-4-3-6-15(18(13)26-8-10-29-11-9-26)24-17(28)12-27-16-7-2-1-5-14(16)25-20(27)30-19(22)23/h1-7,19H,8-12H2,(H,24,28). The van der Waals surface area contributed by atoms with Crippen molar-refractivity contribution in [3.8, 4) is 0 Å². The SMILES string of the molecule is O=C(Cn1c(SC(F)F)nc2ccccc21)Nc1cccc(Cl)c1N1CCOCC1. The van der Waals surface area contributed by atoms with Gasteiger partial charge in [-0.05, 0) is 36.0 Å². The van der Waals surface area contributed by atoms with Crippen LogP contribution in [-0.4, -0.2) is 47.5 Å². The number of fused-ring (bicyclic) bond motifs is 1. The Kier molecular flexibility index (Phi) is 6.40. The van der Waals surface area contributed by atoms with E-state index in [-0.39, 0.29) is 17.6 Å². The van der Waals surface area contributed by atoms with E-state index in [1.165, 1.54) is 4.57 Å². The number of para-hydroxylation sites is 3. The Balaban J connectivity index is 1.60. The van der Waals surface area contributed by atoms with Gasteiger partial charge < -0.3 is 19.5 Å². The van der Waals surface area contributed by atoms with Crippen LogP contribution in [0, 0.1) is 0 Å². The number of rotatable bonds is 6. The molecule has 4 rings (SSSR count). The van der Waals surface area contributed by atoms with Crippen LogP contribution >= 0.6 is 23.4 Å². The third kappa shape index (κ3) is 4.53.